The van der Waals surface area contributed by atoms with Gasteiger partial charge in [0.25, 0.3) is 0 Å². The minimum atomic E-state index is -0.506. The average molecular weight is 212 g/mol. The number of Topliss-reactive ketones (excluding diaryl/α,β-unsaturated/α-hetero) is 1. The molecule has 0 amide bonds. The molecule has 88 valence electrons. The molecule has 1 N–H and O–H groups in total. The zero-order valence-electron chi connectivity index (χ0n) is 10.3. The van der Waals surface area contributed by atoms with Gasteiger partial charge in [-0.2, -0.15) is 0 Å². The molecule has 1 aliphatic rings. The van der Waals surface area contributed by atoms with Crippen LogP contribution < -0.4 is 0 Å². The van der Waals surface area contributed by atoms with Gasteiger partial charge in [-0.15, -0.1) is 0 Å². The molecule has 0 aromatic rings. The Labute approximate surface area is 93.1 Å². The second kappa shape index (κ2) is 5.11. The van der Waals surface area contributed by atoms with Crippen molar-refractivity contribution in [2.75, 3.05) is 0 Å². The fourth-order valence-corrected chi connectivity index (χ4v) is 2.40. The molecule has 1 rings (SSSR count). The summed E-state index contributed by atoms with van der Waals surface area (Å²) in [6.45, 7) is 5.63. The van der Waals surface area contributed by atoms with E-state index in [-0.39, 0.29) is 0 Å². The van der Waals surface area contributed by atoms with Crippen molar-refractivity contribution in [1.29, 1.82) is 0 Å². The van der Waals surface area contributed by atoms with Gasteiger partial charge in [-0.05, 0) is 58.3 Å². The summed E-state index contributed by atoms with van der Waals surface area (Å²) in [4.78, 5) is 11.2. The van der Waals surface area contributed by atoms with Gasteiger partial charge in [-0.3, -0.25) is 4.79 Å². The molecule has 1 aliphatic carbocycles. The normalized spacial score (nSPS) is 30.1. The van der Waals surface area contributed by atoms with Crippen LogP contribution in [0.4, 0.5) is 0 Å². The summed E-state index contributed by atoms with van der Waals surface area (Å²) in [6, 6.07) is 0. The van der Waals surface area contributed by atoms with Crippen molar-refractivity contribution in [2.24, 2.45) is 11.8 Å². The lowest BCUT2D eigenvalue weighted by Gasteiger charge is -2.22. The Hall–Kier alpha value is -0.370. The fraction of sp³-hybridized carbons (Fsp3) is 0.923. The minimum absolute atomic E-state index is 0.307. The smallest absolute Gasteiger partial charge is 0.132 e. The minimum Gasteiger partial charge on any atom is -0.390 e. The first-order chi connectivity index (χ1) is 6.94. The van der Waals surface area contributed by atoms with Crippen molar-refractivity contribution in [2.45, 2.75) is 64.9 Å². The van der Waals surface area contributed by atoms with Crippen LogP contribution in [0.2, 0.25) is 0 Å². The molecule has 0 aromatic heterocycles. The molecule has 0 radical (unpaired) electrons. The topological polar surface area (TPSA) is 37.3 Å². The number of aliphatic hydroxyl groups is 1. The lowest BCUT2D eigenvalue weighted by atomic mass is 9.90. The Balaban J connectivity index is 2.28. The molecule has 0 aromatic carbocycles. The predicted molar refractivity (Wildman–Crippen MR) is 61.7 cm³/mol. The maximum Gasteiger partial charge on any atom is 0.132 e. The Morgan fingerprint density at radius 2 is 2.13 bits per heavy atom. The van der Waals surface area contributed by atoms with E-state index in [1.807, 2.05) is 13.8 Å². The van der Waals surface area contributed by atoms with Crippen LogP contribution in [0.3, 0.4) is 0 Å². The standard InChI is InChI=1S/C13H24O2/c1-4-13(3,15)8-7-11-5-6-12(9-11)10(2)14/h11-12,15H,4-9H2,1-3H3. The number of ketones is 1. The Morgan fingerprint density at radius 1 is 1.47 bits per heavy atom. The maximum absolute atomic E-state index is 11.2. The lowest BCUT2D eigenvalue weighted by molar-refractivity contribution is -0.120. The first-order valence-electron chi connectivity index (χ1n) is 6.17. The number of carbonyl (C=O) groups is 1. The van der Waals surface area contributed by atoms with Gasteiger partial charge in [0.15, 0.2) is 0 Å². The van der Waals surface area contributed by atoms with Gasteiger partial charge >= 0.3 is 0 Å². The molecule has 2 nitrogen and oxygen atoms in total. The van der Waals surface area contributed by atoms with E-state index >= 15 is 0 Å². The van der Waals surface area contributed by atoms with Crippen LogP contribution in [0.15, 0.2) is 0 Å². The van der Waals surface area contributed by atoms with Crippen LogP contribution in [0.25, 0.3) is 0 Å². The Bertz CT molecular complexity index is 221. The van der Waals surface area contributed by atoms with Crippen LogP contribution in [0.5, 0.6) is 0 Å². The van der Waals surface area contributed by atoms with Crippen molar-refractivity contribution < 1.29 is 9.90 Å². The fourth-order valence-electron chi connectivity index (χ4n) is 2.40. The zero-order valence-corrected chi connectivity index (χ0v) is 10.3. The van der Waals surface area contributed by atoms with Crippen LogP contribution in [0, 0.1) is 11.8 Å². The third kappa shape index (κ3) is 3.94. The van der Waals surface area contributed by atoms with E-state index in [1.165, 1.54) is 6.42 Å². The quantitative estimate of drug-likeness (QED) is 0.760. The lowest BCUT2D eigenvalue weighted by Crippen LogP contribution is -2.23. The van der Waals surface area contributed by atoms with Crippen molar-refractivity contribution in [1.82, 2.24) is 0 Å². The number of rotatable bonds is 5. The van der Waals surface area contributed by atoms with Crippen LogP contribution in [0.1, 0.15) is 59.3 Å². The summed E-state index contributed by atoms with van der Waals surface area (Å²) in [5.41, 5.74) is -0.506. The maximum atomic E-state index is 11.2. The third-order valence-electron chi connectivity index (χ3n) is 3.97. The number of carbonyl (C=O) groups excluding carboxylic acids is 1. The van der Waals surface area contributed by atoms with Gasteiger partial charge in [0.05, 0.1) is 5.60 Å². The molecule has 3 unspecified atom stereocenters. The molecule has 0 aliphatic heterocycles. The summed E-state index contributed by atoms with van der Waals surface area (Å²) in [5.74, 6) is 1.32. The highest BCUT2D eigenvalue weighted by atomic mass is 16.3. The summed E-state index contributed by atoms with van der Waals surface area (Å²) in [6.07, 6.45) is 6.05. The summed E-state index contributed by atoms with van der Waals surface area (Å²) in [7, 11) is 0. The van der Waals surface area contributed by atoms with E-state index in [0.717, 1.165) is 32.1 Å². The van der Waals surface area contributed by atoms with Gasteiger partial charge in [-0.25, -0.2) is 0 Å². The number of hydrogen-bond acceptors (Lipinski definition) is 2. The summed E-state index contributed by atoms with van der Waals surface area (Å²) in [5, 5.41) is 9.89. The largest absolute Gasteiger partial charge is 0.390 e. The van der Waals surface area contributed by atoms with E-state index in [2.05, 4.69) is 0 Å². The van der Waals surface area contributed by atoms with Crippen molar-refractivity contribution in [3.63, 3.8) is 0 Å². The van der Waals surface area contributed by atoms with Crippen molar-refractivity contribution in [3.8, 4) is 0 Å². The molecular formula is C13H24O2. The first kappa shape index (κ1) is 12.7. The SMILES string of the molecule is CCC(C)(O)CCC1CCC(C(C)=O)C1. The van der Waals surface area contributed by atoms with E-state index in [0.29, 0.717) is 17.6 Å². The monoisotopic (exact) mass is 212 g/mol. The van der Waals surface area contributed by atoms with Gasteiger partial charge < -0.3 is 5.11 Å². The van der Waals surface area contributed by atoms with Gasteiger partial charge in [-0.1, -0.05) is 6.92 Å². The van der Waals surface area contributed by atoms with E-state index < -0.39 is 5.60 Å². The first-order valence-corrected chi connectivity index (χ1v) is 6.17. The summed E-state index contributed by atoms with van der Waals surface area (Å²) < 4.78 is 0. The van der Waals surface area contributed by atoms with E-state index in [9.17, 15) is 9.90 Å². The average Bonchev–Trinajstić information content (AvgIpc) is 2.63. The molecule has 15 heavy (non-hydrogen) atoms. The Morgan fingerprint density at radius 3 is 2.60 bits per heavy atom. The van der Waals surface area contributed by atoms with Crippen LogP contribution >= 0.6 is 0 Å². The second-order valence-corrected chi connectivity index (χ2v) is 5.38. The second-order valence-electron chi connectivity index (χ2n) is 5.38. The molecule has 0 spiro atoms. The Kier molecular flexibility index (Phi) is 4.32. The highest BCUT2D eigenvalue weighted by Crippen LogP contribution is 2.35. The molecule has 0 saturated heterocycles. The third-order valence-corrected chi connectivity index (χ3v) is 3.97. The van der Waals surface area contributed by atoms with Crippen LogP contribution in [-0.2, 0) is 4.79 Å². The van der Waals surface area contributed by atoms with E-state index in [4.69, 9.17) is 0 Å². The molecular weight excluding hydrogens is 188 g/mol. The highest BCUT2D eigenvalue weighted by Gasteiger charge is 2.29. The van der Waals surface area contributed by atoms with Crippen LogP contribution in [-0.4, -0.2) is 16.5 Å². The van der Waals surface area contributed by atoms with Gasteiger partial charge in [0, 0.05) is 5.92 Å². The van der Waals surface area contributed by atoms with E-state index in [1.54, 1.807) is 6.92 Å². The molecule has 2 heteroatoms. The van der Waals surface area contributed by atoms with Gasteiger partial charge in [0.1, 0.15) is 5.78 Å². The number of hydrogen-bond donors (Lipinski definition) is 1. The molecule has 1 fully saturated rings. The summed E-state index contributed by atoms with van der Waals surface area (Å²) >= 11 is 0. The molecule has 0 heterocycles. The highest BCUT2D eigenvalue weighted by molar-refractivity contribution is 5.78. The predicted octanol–water partition coefficient (Wildman–Crippen LogP) is 2.93. The molecule has 0 bridgehead atoms. The zero-order chi connectivity index (χ0) is 11.5. The van der Waals surface area contributed by atoms with Crippen molar-refractivity contribution >= 4 is 5.78 Å². The van der Waals surface area contributed by atoms with Crippen molar-refractivity contribution in [3.05, 3.63) is 0 Å². The van der Waals surface area contributed by atoms with Gasteiger partial charge in [0.2, 0.25) is 0 Å². The molecule has 3 atom stereocenters. The molecule has 1 saturated carbocycles.